The van der Waals surface area contributed by atoms with Crippen LogP contribution in [0, 0.1) is 11.3 Å². The van der Waals surface area contributed by atoms with Crippen LogP contribution in [0.1, 0.15) is 52.4 Å². The Kier molecular flexibility index (Phi) is 9.33. The van der Waals surface area contributed by atoms with Crippen molar-refractivity contribution >= 4 is 11.8 Å². The SMILES string of the molecule is C=CNCc1ccccc1C(=O)NC1(c2cc(C(F)(F)F)cc(C(F)(F)F)c2)CC1.CC(=O)NCC#N. The van der Waals surface area contributed by atoms with Crippen LogP contribution in [0.15, 0.2) is 55.2 Å². The van der Waals surface area contributed by atoms with Crippen molar-refractivity contribution in [1.29, 1.82) is 5.26 Å². The Morgan fingerprint density at radius 2 is 1.62 bits per heavy atom. The van der Waals surface area contributed by atoms with Crippen molar-refractivity contribution in [3.05, 3.63) is 83.1 Å². The number of halogens is 6. The Morgan fingerprint density at radius 3 is 2.05 bits per heavy atom. The lowest BCUT2D eigenvalue weighted by molar-refractivity contribution is -0.143. The average Bonchev–Trinajstić information content (AvgIpc) is 3.61. The number of nitriles is 1. The highest BCUT2D eigenvalue weighted by molar-refractivity contribution is 5.96. The van der Waals surface area contributed by atoms with E-state index in [9.17, 15) is 35.9 Å². The van der Waals surface area contributed by atoms with Gasteiger partial charge in [-0.1, -0.05) is 24.8 Å². The first-order valence-corrected chi connectivity index (χ1v) is 10.9. The van der Waals surface area contributed by atoms with Crippen LogP contribution >= 0.6 is 0 Å². The van der Waals surface area contributed by atoms with Crippen molar-refractivity contribution in [2.24, 2.45) is 0 Å². The maximum atomic E-state index is 13.2. The highest BCUT2D eigenvalue weighted by Crippen LogP contribution is 2.48. The van der Waals surface area contributed by atoms with E-state index in [1.54, 1.807) is 30.3 Å². The number of carbonyl (C=O) groups excluding carboxylic acids is 2. The van der Waals surface area contributed by atoms with Crippen molar-refractivity contribution in [1.82, 2.24) is 16.0 Å². The smallest absolute Gasteiger partial charge is 0.387 e. The highest BCUT2D eigenvalue weighted by Gasteiger charge is 2.48. The molecule has 3 N–H and O–H groups in total. The van der Waals surface area contributed by atoms with Gasteiger partial charge in [0.15, 0.2) is 0 Å². The molecule has 2 aromatic rings. The van der Waals surface area contributed by atoms with Crippen molar-refractivity contribution in [3.8, 4) is 6.07 Å². The number of nitrogens with zero attached hydrogens (tertiary/aromatic N) is 1. The third kappa shape index (κ3) is 8.27. The van der Waals surface area contributed by atoms with Crippen molar-refractivity contribution in [3.63, 3.8) is 0 Å². The minimum Gasteiger partial charge on any atom is -0.387 e. The van der Waals surface area contributed by atoms with Crippen molar-refractivity contribution in [2.45, 2.75) is 44.2 Å². The molecule has 0 unspecified atom stereocenters. The summed E-state index contributed by atoms with van der Waals surface area (Å²) in [6, 6.07) is 9.77. The van der Waals surface area contributed by atoms with Crippen LogP contribution in [-0.2, 0) is 29.2 Å². The molecule has 1 aliphatic carbocycles. The zero-order chi connectivity index (χ0) is 27.9. The van der Waals surface area contributed by atoms with Crippen LogP contribution in [0.4, 0.5) is 26.3 Å². The van der Waals surface area contributed by atoms with Crippen LogP contribution < -0.4 is 16.0 Å². The molecule has 2 amide bonds. The summed E-state index contributed by atoms with van der Waals surface area (Å²) in [5.74, 6) is -0.735. The summed E-state index contributed by atoms with van der Waals surface area (Å²) in [6.45, 7) is 5.29. The molecule has 1 aliphatic rings. The van der Waals surface area contributed by atoms with Gasteiger partial charge < -0.3 is 16.0 Å². The Labute approximate surface area is 209 Å². The predicted molar refractivity (Wildman–Crippen MR) is 123 cm³/mol. The van der Waals surface area contributed by atoms with E-state index in [1.165, 1.54) is 13.1 Å². The quantitative estimate of drug-likeness (QED) is 0.349. The van der Waals surface area contributed by atoms with Gasteiger partial charge in [-0.25, -0.2) is 0 Å². The van der Waals surface area contributed by atoms with Gasteiger partial charge in [-0.3, -0.25) is 9.59 Å². The third-order valence-electron chi connectivity index (χ3n) is 5.36. The van der Waals surface area contributed by atoms with Gasteiger partial charge in [-0.15, -0.1) is 0 Å². The van der Waals surface area contributed by atoms with Gasteiger partial charge in [-0.2, -0.15) is 31.6 Å². The minimum absolute atomic E-state index is 0.0810. The molecule has 0 atom stereocenters. The normalized spacial score (nSPS) is 13.8. The number of hydrogen-bond acceptors (Lipinski definition) is 4. The topological polar surface area (TPSA) is 94.0 Å². The number of amides is 2. The summed E-state index contributed by atoms with van der Waals surface area (Å²) in [5, 5.41) is 15.6. The second kappa shape index (κ2) is 11.8. The van der Waals surface area contributed by atoms with E-state index in [-0.39, 0.29) is 42.5 Å². The van der Waals surface area contributed by atoms with E-state index in [0.717, 1.165) is 0 Å². The summed E-state index contributed by atoms with van der Waals surface area (Å²) < 4.78 is 79.0. The lowest BCUT2D eigenvalue weighted by Gasteiger charge is -2.22. The Hall–Kier alpha value is -4.01. The van der Waals surface area contributed by atoms with Gasteiger partial charge in [0.1, 0.15) is 6.54 Å². The van der Waals surface area contributed by atoms with Gasteiger partial charge in [0.05, 0.1) is 22.7 Å². The number of rotatable bonds is 7. The number of carbonyl (C=O) groups is 2. The van der Waals surface area contributed by atoms with E-state index in [4.69, 9.17) is 5.26 Å². The summed E-state index contributed by atoms with van der Waals surface area (Å²) in [5.41, 5.74) is -3.38. The highest BCUT2D eigenvalue weighted by atomic mass is 19.4. The van der Waals surface area contributed by atoms with Crippen LogP contribution in [-0.4, -0.2) is 18.4 Å². The molecular formula is C25H24F6N4O2. The van der Waals surface area contributed by atoms with Gasteiger partial charge in [-0.05, 0) is 54.4 Å². The zero-order valence-corrected chi connectivity index (χ0v) is 19.7. The first-order chi connectivity index (χ1) is 17.2. The van der Waals surface area contributed by atoms with E-state index in [0.29, 0.717) is 24.2 Å². The minimum atomic E-state index is -4.95. The molecule has 0 aromatic heterocycles. The fourth-order valence-electron chi connectivity index (χ4n) is 3.37. The largest absolute Gasteiger partial charge is 0.416 e. The molecule has 198 valence electrons. The molecule has 0 heterocycles. The molecule has 1 saturated carbocycles. The molecular weight excluding hydrogens is 502 g/mol. The van der Waals surface area contributed by atoms with Crippen LogP contribution in [0.2, 0.25) is 0 Å². The standard InChI is InChI=1S/C21H18F6N2O.C4H6N2O/c1-2-28-12-13-5-3-4-6-17(13)18(30)29-19(7-8-19)14-9-15(20(22,23)24)11-16(10-14)21(25,26)27;1-4(7)6-3-2-5/h2-6,9-11,28H,1,7-8,12H2,(H,29,30);3H2,1H3,(H,6,7). The number of alkyl halides is 6. The van der Waals surface area contributed by atoms with Gasteiger partial charge >= 0.3 is 12.4 Å². The van der Waals surface area contributed by atoms with Gasteiger partial charge in [0, 0.05) is 19.0 Å². The molecule has 37 heavy (non-hydrogen) atoms. The van der Waals surface area contributed by atoms with E-state index >= 15 is 0 Å². The second-order valence-corrected chi connectivity index (χ2v) is 8.14. The zero-order valence-electron chi connectivity index (χ0n) is 19.7. The molecule has 12 heteroatoms. The van der Waals surface area contributed by atoms with E-state index < -0.39 is 34.9 Å². The molecule has 0 saturated heterocycles. The van der Waals surface area contributed by atoms with Crippen LogP contribution in [0.3, 0.4) is 0 Å². The molecule has 0 aliphatic heterocycles. The molecule has 2 aromatic carbocycles. The van der Waals surface area contributed by atoms with E-state index in [1.807, 2.05) is 0 Å². The summed E-state index contributed by atoms with van der Waals surface area (Å²) in [6.07, 6.45) is -7.97. The molecule has 6 nitrogen and oxygen atoms in total. The van der Waals surface area contributed by atoms with E-state index in [2.05, 4.69) is 22.5 Å². The summed E-state index contributed by atoms with van der Waals surface area (Å²) in [4.78, 5) is 22.8. The number of benzene rings is 2. The lowest BCUT2D eigenvalue weighted by atomic mass is 9.97. The fraction of sp³-hybridized carbons (Fsp3) is 0.320. The lowest BCUT2D eigenvalue weighted by Crippen LogP contribution is -2.36. The first kappa shape index (κ1) is 29.2. The monoisotopic (exact) mass is 526 g/mol. The molecule has 3 rings (SSSR count). The molecule has 0 spiro atoms. The molecule has 0 bridgehead atoms. The maximum absolute atomic E-state index is 13.2. The van der Waals surface area contributed by atoms with Crippen molar-refractivity contribution in [2.75, 3.05) is 6.54 Å². The third-order valence-corrected chi connectivity index (χ3v) is 5.36. The van der Waals surface area contributed by atoms with Crippen LogP contribution in [0.25, 0.3) is 0 Å². The Bertz CT molecular complexity index is 1150. The van der Waals surface area contributed by atoms with Gasteiger partial charge in [0.2, 0.25) is 5.91 Å². The molecule has 1 fully saturated rings. The fourth-order valence-corrected chi connectivity index (χ4v) is 3.37. The van der Waals surface area contributed by atoms with Gasteiger partial charge in [0.25, 0.3) is 5.91 Å². The Balaban J connectivity index is 0.000000604. The summed E-state index contributed by atoms with van der Waals surface area (Å²) in [7, 11) is 0. The van der Waals surface area contributed by atoms with Crippen LogP contribution in [0.5, 0.6) is 0 Å². The number of hydrogen-bond donors (Lipinski definition) is 3. The number of nitrogens with one attached hydrogen (secondary N) is 3. The first-order valence-electron chi connectivity index (χ1n) is 10.9. The Morgan fingerprint density at radius 1 is 1.05 bits per heavy atom. The van der Waals surface area contributed by atoms with Crippen molar-refractivity contribution < 1.29 is 35.9 Å². The maximum Gasteiger partial charge on any atom is 0.416 e. The molecule has 0 radical (unpaired) electrons. The summed E-state index contributed by atoms with van der Waals surface area (Å²) >= 11 is 0. The predicted octanol–water partition coefficient (Wildman–Crippen LogP) is 5.02. The second-order valence-electron chi connectivity index (χ2n) is 8.14. The average molecular weight is 526 g/mol.